The second kappa shape index (κ2) is 7.94. The summed E-state index contributed by atoms with van der Waals surface area (Å²) in [5.41, 5.74) is 0.290. The lowest BCUT2D eigenvalue weighted by Crippen LogP contribution is -2.36. The molecule has 0 saturated carbocycles. The van der Waals surface area contributed by atoms with Crippen molar-refractivity contribution in [2.24, 2.45) is 0 Å². The topological polar surface area (TPSA) is 70.6 Å². The lowest BCUT2D eigenvalue weighted by atomic mass is 10.2. The third kappa shape index (κ3) is 3.75. The number of nitrogens with zero attached hydrogens (tertiary/aromatic N) is 3. The van der Waals surface area contributed by atoms with Gasteiger partial charge < -0.3 is 9.69 Å². The molecule has 112 valence electrons. The summed E-state index contributed by atoms with van der Waals surface area (Å²) >= 11 is 0. The fraction of sp³-hybridized carbons (Fsp3) is 0.333. The van der Waals surface area contributed by atoms with Crippen LogP contribution in [0.3, 0.4) is 0 Å². The van der Waals surface area contributed by atoms with Gasteiger partial charge in [-0.3, -0.25) is 14.5 Å². The van der Waals surface area contributed by atoms with E-state index < -0.39 is 5.91 Å². The highest BCUT2D eigenvalue weighted by Gasteiger charge is 2.23. The predicted octanol–water partition coefficient (Wildman–Crippen LogP) is 1.28. The number of anilines is 1. The number of pyridine rings is 1. The van der Waals surface area contributed by atoms with E-state index in [0.717, 1.165) is 11.0 Å². The maximum atomic E-state index is 12.5. The molecule has 0 aliphatic rings. The van der Waals surface area contributed by atoms with Gasteiger partial charge in [0.15, 0.2) is 0 Å². The summed E-state index contributed by atoms with van der Waals surface area (Å²) in [7, 11) is 0. The summed E-state index contributed by atoms with van der Waals surface area (Å²) in [5, 5.41) is 0. The summed E-state index contributed by atoms with van der Waals surface area (Å²) in [6.45, 7) is 8.06. The SMILES string of the molecule is C=CC(=O)N(CC=O)c1ncccc1C(=O)N(CC)CC. The van der Waals surface area contributed by atoms with Crippen LogP contribution in [-0.4, -0.2) is 47.6 Å². The number of aromatic nitrogens is 1. The van der Waals surface area contributed by atoms with Crippen LogP contribution < -0.4 is 4.90 Å². The van der Waals surface area contributed by atoms with Crippen molar-refractivity contribution in [3.05, 3.63) is 36.5 Å². The maximum absolute atomic E-state index is 12.5. The molecule has 2 amide bonds. The van der Waals surface area contributed by atoms with Gasteiger partial charge in [-0.15, -0.1) is 0 Å². The molecule has 21 heavy (non-hydrogen) atoms. The quantitative estimate of drug-likeness (QED) is 0.560. The van der Waals surface area contributed by atoms with Gasteiger partial charge in [-0.1, -0.05) is 6.58 Å². The Hall–Kier alpha value is -2.50. The molecule has 0 aromatic carbocycles. The molecule has 0 fully saturated rings. The highest BCUT2D eigenvalue weighted by Crippen LogP contribution is 2.19. The zero-order chi connectivity index (χ0) is 15.8. The average molecular weight is 289 g/mol. The molecule has 0 bridgehead atoms. The Labute approximate surface area is 124 Å². The minimum atomic E-state index is -0.477. The van der Waals surface area contributed by atoms with E-state index in [-0.39, 0.29) is 18.3 Å². The second-order valence-corrected chi connectivity index (χ2v) is 4.17. The lowest BCUT2D eigenvalue weighted by molar-refractivity contribution is -0.116. The van der Waals surface area contributed by atoms with Crippen molar-refractivity contribution < 1.29 is 14.4 Å². The van der Waals surface area contributed by atoms with E-state index in [1.165, 1.54) is 6.20 Å². The molecule has 6 heteroatoms. The van der Waals surface area contributed by atoms with Gasteiger partial charge in [0.1, 0.15) is 12.1 Å². The summed E-state index contributed by atoms with van der Waals surface area (Å²) in [5.74, 6) is -0.531. The fourth-order valence-corrected chi connectivity index (χ4v) is 1.93. The van der Waals surface area contributed by atoms with Gasteiger partial charge in [-0.05, 0) is 32.1 Å². The molecule has 1 rings (SSSR count). The van der Waals surface area contributed by atoms with Crippen LogP contribution in [0.2, 0.25) is 0 Å². The third-order valence-electron chi connectivity index (χ3n) is 3.02. The first-order chi connectivity index (χ1) is 10.1. The van der Waals surface area contributed by atoms with E-state index in [0.29, 0.717) is 24.9 Å². The molecule has 6 nitrogen and oxygen atoms in total. The largest absolute Gasteiger partial charge is 0.339 e. The van der Waals surface area contributed by atoms with Crippen LogP contribution in [0.25, 0.3) is 0 Å². The summed E-state index contributed by atoms with van der Waals surface area (Å²) < 4.78 is 0. The Balaban J connectivity index is 3.29. The van der Waals surface area contributed by atoms with Gasteiger partial charge >= 0.3 is 0 Å². The number of carbonyl (C=O) groups excluding carboxylic acids is 3. The van der Waals surface area contributed by atoms with Gasteiger partial charge in [0.2, 0.25) is 0 Å². The number of carbonyl (C=O) groups is 3. The highest BCUT2D eigenvalue weighted by atomic mass is 16.2. The number of rotatable bonds is 7. The number of aldehydes is 1. The number of hydrogen-bond acceptors (Lipinski definition) is 4. The maximum Gasteiger partial charge on any atom is 0.257 e. The van der Waals surface area contributed by atoms with Crippen LogP contribution >= 0.6 is 0 Å². The van der Waals surface area contributed by atoms with Crippen molar-refractivity contribution in [3.63, 3.8) is 0 Å². The molecule has 0 saturated heterocycles. The molecule has 0 N–H and O–H groups in total. The molecular weight excluding hydrogens is 270 g/mol. The monoisotopic (exact) mass is 289 g/mol. The fourth-order valence-electron chi connectivity index (χ4n) is 1.93. The molecule has 0 spiro atoms. The van der Waals surface area contributed by atoms with Gasteiger partial charge in [-0.2, -0.15) is 0 Å². The van der Waals surface area contributed by atoms with E-state index in [1.54, 1.807) is 17.0 Å². The molecule has 1 aromatic rings. The van der Waals surface area contributed by atoms with E-state index >= 15 is 0 Å². The van der Waals surface area contributed by atoms with E-state index in [1.807, 2.05) is 13.8 Å². The Morgan fingerprint density at radius 1 is 1.33 bits per heavy atom. The summed E-state index contributed by atoms with van der Waals surface area (Å²) in [6, 6.07) is 3.22. The van der Waals surface area contributed by atoms with Crippen LogP contribution in [0, 0.1) is 0 Å². The summed E-state index contributed by atoms with van der Waals surface area (Å²) in [6.07, 6.45) is 3.15. The van der Waals surface area contributed by atoms with Crippen molar-refractivity contribution in [3.8, 4) is 0 Å². The van der Waals surface area contributed by atoms with Crippen molar-refractivity contribution in [1.82, 2.24) is 9.88 Å². The molecule has 0 radical (unpaired) electrons. The van der Waals surface area contributed by atoms with Gasteiger partial charge in [0.25, 0.3) is 11.8 Å². The van der Waals surface area contributed by atoms with Crippen LogP contribution in [0.15, 0.2) is 31.0 Å². The Bertz CT molecular complexity index is 539. The predicted molar refractivity (Wildman–Crippen MR) is 80.1 cm³/mol. The zero-order valence-electron chi connectivity index (χ0n) is 12.3. The Morgan fingerprint density at radius 3 is 2.52 bits per heavy atom. The van der Waals surface area contributed by atoms with Gasteiger partial charge in [0, 0.05) is 19.3 Å². The third-order valence-corrected chi connectivity index (χ3v) is 3.02. The average Bonchev–Trinajstić information content (AvgIpc) is 2.53. The van der Waals surface area contributed by atoms with Crippen molar-refractivity contribution in [2.45, 2.75) is 13.8 Å². The van der Waals surface area contributed by atoms with Crippen LogP contribution in [-0.2, 0) is 9.59 Å². The summed E-state index contributed by atoms with van der Waals surface area (Å²) in [4.78, 5) is 42.0. The molecule has 0 aliphatic carbocycles. The molecule has 0 atom stereocenters. The molecule has 0 aliphatic heterocycles. The van der Waals surface area contributed by atoms with Crippen LogP contribution in [0.5, 0.6) is 0 Å². The minimum absolute atomic E-state index is 0.173. The van der Waals surface area contributed by atoms with Crippen LogP contribution in [0.4, 0.5) is 5.82 Å². The smallest absolute Gasteiger partial charge is 0.257 e. The Kier molecular flexibility index (Phi) is 6.26. The first-order valence-corrected chi connectivity index (χ1v) is 6.72. The highest BCUT2D eigenvalue weighted by molar-refractivity contribution is 6.07. The number of hydrogen-bond donors (Lipinski definition) is 0. The molecule has 1 aromatic heterocycles. The Morgan fingerprint density at radius 2 is 2.00 bits per heavy atom. The van der Waals surface area contributed by atoms with E-state index in [2.05, 4.69) is 11.6 Å². The second-order valence-electron chi connectivity index (χ2n) is 4.17. The first kappa shape index (κ1) is 16.6. The minimum Gasteiger partial charge on any atom is -0.339 e. The van der Waals surface area contributed by atoms with E-state index in [9.17, 15) is 14.4 Å². The van der Waals surface area contributed by atoms with Crippen molar-refractivity contribution in [2.75, 3.05) is 24.5 Å². The first-order valence-electron chi connectivity index (χ1n) is 6.72. The standard InChI is InChI=1S/C15H19N3O3/c1-4-13(20)18(10-11-19)14-12(8-7-9-16-14)15(21)17(5-2)6-3/h4,7-9,11H,1,5-6,10H2,2-3H3. The zero-order valence-corrected chi connectivity index (χ0v) is 12.3. The molecular formula is C15H19N3O3. The molecule has 0 unspecified atom stereocenters. The lowest BCUT2D eigenvalue weighted by Gasteiger charge is -2.23. The van der Waals surface area contributed by atoms with Crippen molar-refractivity contribution in [1.29, 1.82) is 0 Å². The van der Waals surface area contributed by atoms with Crippen LogP contribution in [0.1, 0.15) is 24.2 Å². The van der Waals surface area contributed by atoms with E-state index in [4.69, 9.17) is 0 Å². The normalized spacial score (nSPS) is 9.81. The van der Waals surface area contributed by atoms with Gasteiger partial charge in [-0.25, -0.2) is 4.98 Å². The number of amides is 2. The van der Waals surface area contributed by atoms with Crippen molar-refractivity contribution >= 4 is 23.9 Å². The van der Waals surface area contributed by atoms with Gasteiger partial charge in [0.05, 0.1) is 12.1 Å². The molecule has 1 heterocycles.